The van der Waals surface area contributed by atoms with Crippen molar-refractivity contribution in [2.24, 2.45) is 0 Å². The number of aromatic nitrogens is 1. The Kier molecular flexibility index (Phi) is 3.85. The molecule has 0 spiro atoms. The highest BCUT2D eigenvalue weighted by atomic mass is 35.5. The van der Waals surface area contributed by atoms with Gasteiger partial charge < -0.3 is 11.1 Å². The van der Waals surface area contributed by atoms with Crippen LogP contribution in [0.25, 0.3) is 0 Å². The summed E-state index contributed by atoms with van der Waals surface area (Å²) in [5, 5.41) is 2.78. The van der Waals surface area contributed by atoms with Crippen molar-refractivity contribution in [3.8, 4) is 0 Å². The van der Waals surface area contributed by atoms with Gasteiger partial charge in [-0.05, 0) is 13.0 Å². The Morgan fingerprint density at radius 1 is 1.56 bits per heavy atom. The quantitative estimate of drug-likeness (QED) is 0.870. The molecule has 0 aliphatic rings. The number of nitrogens with one attached hydrogen (secondary N) is 1. The molecule has 1 heterocycles. The Hall–Kier alpha value is -1.17. The second kappa shape index (κ2) is 4.78. The number of nitrogens with two attached hydrogens (primary N) is 1. The monoisotopic (exact) mass is 253 g/mol. The molecule has 0 fully saturated rings. The minimum Gasteiger partial charge on any atom is -0.397 e. The number of alkyl halides is 3. The van der Waals surface area contributed by atoms with Gasteiger partial charge >= 0.3 is 6.18 Å². The number of nitrogens with zero attached hydrogens (tertiary/aromatic N) is 1. The zero-order valence-corrected chi connectivity index (χ0v) is 9.23. The highest BCUT2D eigenvalue weighted by Crippen LogP contribution is 2.26. The fourth-order valence-corrected chi connectivity index (χ4v) is 1.42. The summed E-state index contributed by atoms with van der Waals surface area (Å²) in [6.07, 6.45) is -3.84. The molecule has 0 aliphatic heterocycles. The molecule has 0 aliphatic carbocycles. The van der Waals surface area contributed by atoms with Crippen LogP contribution in [0.5, 0.6) is 0 Å². The summed E-state index contributed by atoms with van der Waals surface area (Å²) in [4.78, 5) is 3.81. The first kappa shape index (κ1) is 12.9. The van der Waals surface area contributed by atoms with E-state index in [1.165, 1.54) is 19.2 Å². The van der Waals surface area contributed by atoms with Crippen LogP contribution < -0.4 is 11.1 Å². The highest BCUT2D eigenvalue weighted by molar-refractivity contribution is 6.33. The minimum atomic E-state index is -4.22. The van der Waals surface area contributed by atoms with Crippen molar-refractivity contribution in [1.29, 1.82) is 0 Å². The number of anilines is 2. The summed E-state index contributed by atoms with van der Waals surface area (Å²) in [5.41, 5.74) is 5.77. The van der Waals surface area contributed by atoms with Crippen molar-refractivity contribution < 1.29 is 13.2 Å². The van der Waals surface area contributed by atoms with Crippen LogP contribution in [-0.4, -0.2) is 17.2 Å². The standard InChI is InChI=1S/C9H11ClF3N3/c1-5(3-9(11,12)13)16-8-7(10)2-6(14)4-15-8/h2,4-5H,3,14H2,1H3,(H,15,16). The van der Waals surface area contributed by atoms with Crippen molar-refractivity contribution in [3.05, 3.63) is 17.3 Å². The molecule has 7 heteroatoms. The summed E-state index contributed by atoms with van der Waals surface area (Å²) >= 11 is 5.76. The van der Waals surface area contributed by atoms with Gasteiger partial charge in [0.05, 0.1) is 23.3 Å². The van der Waals surface area contributed by atoms with Crippen molar-refractivity contribution in [2.75, 3.05) is 11.1 Å². The summed E-state index contributed by atoms with van der Waals surface area (Å²) in [6.45, 7) is 1.40. The average Bonchev–Trinajstić information content (AvgIpc) is 2.06. The molecule has 3 nitrogen and oxygen atoms in total. The highest BCUT2D eigenvalue weighted by Gasteiger charge is 2.30. The summed E-state index contributed by atoms with van der Waals surface area (Å²) in [5.74, 6) is 0.201. The second-order valence-electron chi connectivity index (χ2n) is 3.46. The van der Waals surface area contributed by atoms with Gasteiger partial charge in [-0.25, -0.2) is 4.98 Å². The van der Waals surface area contributed by atoms with Gasteiger partial charge in [-0.2, -0.15) is 13.2 Å². The lowest BCUT2D eigenvalue weighted by Crippen LogP contribution is -2.24. The van der Waals surface area contributed by atoms with Crippen molar-refractivity contribution >= 4 is 23.1 Å². The van der Waals surface area contributed by atoms with E-state index in [2.05, 4.69) is 10.3 Å². The number of pyridine rings is 1. The molecule has 0 aromatic carbocycles. The lowest BCUT2D eigenvalue weighted by atomic mass is 10.2. The fourth-order valence-electron chi connectivity index (χ4n) is 1.19. The lowest BCUT2D eigenvalue weighted by molar-refractivity contribution is -0.136. The van der Waals surface area contributed by atoms with Crippen LogP contribution >= 0.6 is 11.6 Å². The van der Waals surface area contributed by atoms with E-state index >= 15 is 0 Å². The first-order chi connectivity index (χ1) is 7.28. The maximum atomic E-state index is 12.1. The number of hydrogen-bond donors (Lipinski definition) is 2. The van der Waals surface area contributed by atoms with E-state index in [1.54, 1.807) is 0 Å². The smallest absolute Gasteiger partial charge is 0.391 e. The van der Waals surface area contributed by atoms with Gasteiger partial charge in [0.2, 0.25) is 0 Å². The Morgan fingerprint density at radius 3 is 2.69 bits per heavy atom. The van der Waals surface area contributed by atoms with Crippen molar-refractivity contribution in [1.82, 2.24) is 4.98 Å². The van der Waals surface area contributed by atoms with Gasteiger partial charge in [0.15, 0.2) is 0 Å². The van der Waals surface area contributed by atoms with E-state index in [9.17, 15) is 13.2 Å². The molecule has 1 aromatic rings. The number of rotatable bonds is 3. The van der Waals surface area contributed by atoms with Crippen LogP contribution in [0, 0.1) is 0 Å². The van der Waals surface area contributed by atoms with Gasteiger partial charge in [-0.3, -0.25) is 0 Å². The third-order valence-electron chi connectivity index (χ3n) is 1.78. The molecule has 16 heavy (non-hydrogen) atoms. The topological polar surface area (TPSA) is 50.9 Å². The molecule has 3 N–H and O–H groups in total. The molecule has 0 amide bonds. The molecule has 1 aromatic heterocycles. The molecule has 0 saturated heterocycles. The van der Waals surface area contributed by atoms with Crippen LogP contribution in [0.15, 0.2) is 12.3 Å². The molecule has 1 rings (SSSR count). The molecule has 1 unspecified atom stereocenters. The normalized spacial score (nSPS) is 13.6. The zero-order chi connectivity index (χ0) is 12.3. The van der Waals surface area contributed by atoms with E-state index in [0.717, 1.165) is 0 Å². The Morgan fingerprint density at radius 2 is 2.19 bits per heavy atom. The lowest BCUT2D eigenvalue weighted by Gasteiger charge is -2.17. The molecule has 0 bridgehead atoms. The van der Waals surface area contributed by atoms with Gasteiger partial charge in [0.1, 0.15) is 5.82 Å². The second-order valence-corrected chi connectivity index (χ2v) is 3.87. The molecule has 0 radical (unpaired) electrons. The molecular weight excluding hydrogens is 243 g/mol. The van der Waals surface area contributed by atoms with Crippen molar-refractivity contribution in [2.45, 2.75) is 25.6 Å². The first-order valence-corrected chi connectivity index (χ1v) is 4.90. The van der Waals surface area contributed by atoms with Crippen LogP contribution in [0.3, 0.4) is 0 Å². The Labute approximate surface area is 95.8 Å². The first-order valence-electron chi connectivity index (χ1n) is 4.52. The average molecular weight is 254 g/mol. The van der Waals surface area contributed by atoms with Crippen LogP contribution in [0.4, 0.5) is 24.7 Å². The van der Waals surface area contributed by atoms with Gasteiger partial charge in [0, 0.05) is 6.04 Å². The maximum absolute atomic E-state index is 12.1. The summed E-state index contributed by atoms with van der Waals surface area (Å²) in [7, 11) is 0. The van der Waals surface area contributed by atoms with Gasteiger partial charge in [0.25, 0.3) is 0 Å². The van der Waals surface area contributed by atoms with E-state index in [0.29, 0.717) is 5.69 Å². The van der Waals surface area contributed by atoms with Gasteiger partial charge in [-0.15, -0.1) is 0 Å². The van der Waals surface area contributed by atoms with Gasteiger partial charge in [-0.1, -0.05) is 11.6 Å². The van der Waals surface area contributed by atoms with Crippen LogP contribution in [0.2, 0.25) is 5.02 Å². The molecule has 1 atom stereocenters. The molecule has 0 saturated carbocycles. The molecule has 90 valence electrons. The van der Waals surface area contributed by atoms with E-state index in [1.807, 2.05) is 0 Å². The van der Waals surface area contributed by atoms with E-state index in [-0.39, 0.29) is 10.8 Å². The third-order valence-corrected chi connectivity index (χ3v) is 2.07. The van der Waals surface area contributed by atoms with E-state index < -0.39 is 18.6 Å². The van der Waals surface area contributed by atoms with E-state index in [4.69, 9.17) is 17.3 Å². The Bertz CT molecular complexity index is 368. The number of nitrogen functional groups attached to an aromatic ring is 1. The summed E-state index contributed by atoms with van der Waals surface area (Å²) in [6, 6.07) is 0.630. The van der Waals surface area contributed by atoms with Crippen LogP contribution in [0.1, 0.15) is 13.3 Å². The van der Waals surface area contributed by atoms with Crippen LogP contribution in [-0.2, 0) is 0 Å². The third kappa shape index (κ3) is 4.14. The maximum Gasteiger partial charge on any atom is 0.391 e. The SMILES string of the molecule is CC(CC(F)(F)F)Nc1ncc(N)cc1Cl. The zero-order valence-electron chi connectivity index (χ0n) is 8.48. The minimum absolute atomic E-state index is 0.201. The Balaban J connectivity index is 2.66. The largest absolute Gasteiger partial charge is 0.397 e. The predicted octanol–water partition coefficient (Wildman–Crippen LogP) is 3.07. The number of hydrogen-bond acceptors (Lipinski definition) is 3. The predicted molar refractivity (Wildman–Crippen MR) is 57.4 cm³/mol. The van der Waals surface area contributed by atoms with Crippen molar-refractivity contribution in [3.63, 3.8) is 0 Å². The summed E-state index contributed by atoms with van der Waals surface area (Å²) < 4.78 is 36.2. The molecular formula is C9H11ClF3N3. The number of halogens is 4. The fraction of sp³-hybridized carbons (Fsp3) is 0.444.